The van der Waals surface area contributed by atoms with Crippen LogP contribution in [0.4, 0.5) is 5.69 Å². The van der Waals surface area contributed by atoms with Crippen molar-refractivity contribution in [3.8, 4) is 0 Å². The number of sulfonamides is 1. The van der Waals surface area contributed by atoms with Crippen molar-refractivity contribution in [1.29, 1.82) is 0 Å². The molecule has 0 aliphatic carbocycles. The highest BCUT2D eigenvalue weighted by molar-refractivity contribution is 7.99. The molecule has 3 aromatic rings. The summed E-state index contributed by atoms with van der Waals surface area (Å²) in [6.45, 7) is 9.64. The van der Waals surface area contributed by atoms with Crippen LogP contribution in [0, 0.1) is 6.92 Å². The third-order valence-electron chi connectivity index (χ3n) is 4.13. The lowest BCUT2D eigenvalue weighted by Gasteiger charge is -2.16. The molecule has 148 valence electrons. The van der Waals surface area contributed by atoms with E-state index in [2.05, 4.69) is 33.1 Å². The van der Waals surface area contributed by atoms with Crippen LogP contribution in [-0.4, -0.2) is 23.6 Å². The van der Waals surface area contributed by atoms with Crippen molar-refractivity contribution in [2.75, 3.05) is 4.72 Å². The minimum atomic E-state index is -3.74. The number of anilines is 1. The molecular weight excluding hydrogens is 404 g/mol. The number of nitrogens with one attached hydrogen (secondary N) is 2. The van der Waals surface area contributed by atoms with Gasteiger partial charge >= 0.3 is 0 Å². The number of aromatic nitrogens is 3. The average molecular weight is 425 g/mol. The topological polar surface area (TPSA) is 87.7 Å². The predicted octanol–water partition coefficient (Wildman–Crippen LogP) is 4.96. The van der Waals surface area contributed by atoms with Gasteiger partial charge in [0.25, 0.3) is 10.0 Å². The Morgan fingerprint density at radius 3 is 2.48 bits per heavy atom. The van der Waals surface area contributed by atoms with Crippen LogP contribution in [-0.2, 0) is 10.0 Å². The average Bonchev–Trinajstić information content (AvgIpc) is 3.22. The van der Waals surface area contributed by atoms with Gasteiger partial charge in [0.2, 0.25) is 0 Å². The van der Waals surface area contributed by atoms with E-state index in [4.69, 9.17) is 0 Å². The lowest BCUT2D eigenvalue weighted by molar-refractivity contribution is 0.609. The Balaban J connectivity index is 1.99. The van der Waals surface area contributed by atoms with Crippen LogP contribution in [0.15, 0.2) is 71.3 Å². The summed E-state index contributed by atoms with van der Waals surface area (Å²) in [5.74, 6) is 0. The van der Waals surface area contributed by atoms with Gasteiger partial charge in [-0.1, -0.05) is 55.6 Å². The van der Waals surface area contributed by atoms with E-state index in [9.17, 15) is 8.42 Å². The van der Waals surface area contributed by atoms with Crippen molar-refractivity contribution >= 4 is 45.7 Å². The van der Waals surface area contributed by atoms with Crippen LogP contribution in [0.1, 0.15) is 22.3 Å². The van der Waals surface area contributed by atoms with Crippen molar-refractivity contribution in [2.24, 2.45) is 0 Å². The SMILES string of the molecule is C=Cc1c(NS(=O)(=O)/C=C/c2ccccc2)cc(Sc2ncn[nH]2)c(C)c1C=C. The number of nitrogens with zero attached hydrogens (tertiary/aromatic N) is 2. The normalized spacial score (nSPS) is 11.5. The summed E-state index contributed by atoms with van der Waals surface area (Å²) in [6.07, 6.45) is 6.27. The van der Waals surface area contributed by atoms with Gasteiger partial charge in [0.05, 0.1) is 11.1 Å². The second-order valence-electron chi connectivity index (χ2n) is 6.04. The molecule has 1 heterocycles. The number of aromatic amines is 1. The molecule has 0 saturated carbocycles. The molecule has 1 aromatic heterocycles. The Labute approximate surface area is 174 Å². The van der Waals surface area contributed by atoms with Crippen LogP contribution in [0.3, 0.4) is 0 Å². The van der Waals surface area contributed by atoms with Gasteiger partial charge in [-0.3, -0.25) is 9.82 Å². The molecule has 6 nitrogen and oxygen atoms in total. The van der Waals surface area contributed by atoms with Crippen molar-refractivity contribution in [3.05, 3.63) is 83.5 Å². The minimum absolute atomic E-state index is 0.417. The fraction of sp³-hybridized carbons (Fsp3) is 0.0476. The smallest absolute Gasteiger partial charge is 0.255 e. The summed E-state index contributed by atoms with van der Waals surface area (Å²) >= 11 is 1.36. The summed E-state index contributed by atoms with van der Waals surface area (Å²) in [5, 5.41) is 8.39. The van der Waals surface area contributed by atoms with Crippen LogP contribution >= 0.6 is 11.8 Å². The summed E-state index contributed by atoms with van der Waals surface area (Å²) in [7, 11) is -3.74. The molecule has 0 fully saturated rings. The third-order valence-corrected chi connectivity index (χ3v) is 6.16. The quantitative estimate of drug-likeness (QED) is 0.533. The molecule has 0 saturated heterocycles. The van der Waals surface area contributed by atoms with Crippen LogP contribution in [0.2, 0.25) is 0 Å². The van der Waals surface area contributed by atoms with Crippen LogP contribution in [0.5, 0.6) is 0 Å². The van der Waals surface area contributed by atoms with E-state index in [1.807, 2.05) is 37.3 Å². The van der Waals surface area contributed by atoms with E-state index in [0.29, 0.717) is 16.4 Å². The molecule has 0 aliphatic rings. The second-order valence-corrected chi connectivity index (χ2v) is 8.63. The van der Waals surface area contributed by atoms with Gasteiger partial charge in [0.1, 0.15) is 6.33 Å². The molecule has 0 aliphatic heterocycles. The highest BCUT2D eigenvalue weighted by atomic mass is 32.2. The molecule has 0 atom stereocenters. The van der Waals surface area contributed by atoms with E-state index in [0.717, 1.165) is 27.0 Å². The molecule has 29 heavy (non-hydrogen) atoms. The standard InChI is InChI=1S/C21H20N4O2S2/c1-4-17-15(3)20(28-21-22-14-23-24-21)13-19(18(17)5-2)25-29(26,27)12-11-16-9-7-6-8-10-16/h4-14,25H,1-2H2,3H3,(H,22,23,24)/b12-11+. The van der Waals surface area contributed by atoms with Crippen molar-refractivity contribution in [3.63, 3.8) is 0 Å². The summed E-state index contributed by atoms with van der Waals surface area (Å²) in [4.78, 5) is 4.94. The largest absolute Gasteiger partial charge is 0.279 e. The Kier molecular flexibility index (Phi) is 6.36. The second kappa shape index (κ2) is 8.93. The van der Waals surface area contributed by atoms with Crippen molar-refractivity contribution < 1.29 is 8.42 Å². The lowest BCUT2D eigenvalue weighted by atomic mass is 10.00. The highest BCUT2D eigenvalue weighted by Gasteiger charge is 2.17. The summed E-state index contributed by atoms with van der Waals surface area (Å²) in [6, 6.07) is 11.0. The molecular formula is C21H20N4O2S2. The van der Waals surface area contributed by atoms with Gasteiger partial charge in [-0.05, 0) is 47.5 Å². The predicted molar refractivity (Wildman–Crippen MR) is 120 cm³/mol. The van der Waals surface area contributed by atoms with Gasteiger partial charge in [-0.15, -0.1) is 0 Å². The lowest BCUT2D eigenvalue weighted by Crippen LogP contribution is -2.11. The maximum atomic E-state index is 12.7. The van der Waals surface area contributed by atoms with E-state index in [1.165, 1.54) is 18.1 Å². The van der Waals surface area contributed by atoms with E-state index >= 15 is 0 Å². The van der Waals surface area contributed by atoms with Crippen molar-refractivity contribution in [1.82, 2.24) is 15.2 Å². The number of benzene rings is 2. The number of H-pyrrole nitrogens is 1. The Morgan fingerprint density at radius 1 is 1.14 bits per heavy atom. The van der Waals surface area contributed by atoms with Gasteiger partial charge in [0, 0.05) is 10.5 Å². The van der Waals surface area contributed by atoms with Gasteiger partial charge in [-0.25, -0.2) is 13.4 Å². The first kappa shape index (κ1) is 20.6. The van der Waals surface area contributed by atoms with Crippen LogP contribution < -0.4 is 4.72 Å². The zero-order valence-electron chi connectivity index (χ0n) is 15.8. The Morgan fingerprint density at radius 2 is 1.86 bits per heavy atom. The fourth-order valence-electron chi connectivity index (χ4n) is 2.74. The fourth-order valence-corrected chi connectivity index (χ4v) is 4.46. The first-order valence-corrected chi connectivity index (χ1v) is 11.0. The highest BCUT2D eigenvalue weighted by Crippen LogP contribution is 2.36. The monoisotopic (exact) mass is 424 g/mol. The maximum Gasteiger partial charge on any atom is 0.255 e. The molecule has 0 bridgehead atoms. The van der Waals surface area contributed by atoms with E-state index < -0.39 is 10.0 Å². The number of rotatable bonds is 8. The molecule has 2 N–H and O–H groups in total. The minimum Gasteiger partial charge on any atom is -0.279 e. The zero-order chi connectivity index (χ0) is 20.9. The van der Waals surface area contributed by atoms with E-state index in [-0.39, 0.29) is 0 Å². The first-order chi connectivity index (χ1) is 13.9. The van der Waals surface area contributed by atoms with Gasteiger partial charge in [-0.2, -0.15) is 5.10 Å². The molecule has 0 amide bonds. The molecule has 0 unspecified atom stereocenters. The Hall–Kier alpha value is -3.10. The summed E-state index contributed by atoms with van der Waals surface area (Å²) < 4.78 is 28.0. The zero-order valence-corrected chi connectivity index (χ0v) is 17.4. The maximum absolute atomic E-state index is 12.7. The molecule has 0 radical (unpaired) electrons. The third kappa shape index (κ3) is 5.04. The van der Waals surface area contributed by atoms with Crippen molar-refractivity contribution in [2.45, 2.75) is 17.0 Å². The first-order valence-electron chi connectivity index (χ1n) is 8.65. The Bertz CT molecular complexity index is 1150. The van der Waals surface area contributed by atoms with Gasteiger partial charge in [0.15, 0.2) is 5.16 Å². The van der Waals surface area contributed by atoms with Crippen LogP contribution in [0.25, 0.3) is 18.2 Å². The van der Waals surface area contributed by atoms with E-state index in [1.54, 1.807) is 24.3 Å². The summed E-state index contributed by atoms with van der Waals surface area (Å²) in [5.41, 5.74) is 3.61. The number of hydrogen-bond acceptors (Lipinski definition) is 5. The molecule has 3 rings (SSSR count). The molecule has 0 spiro atoms. The van der Waals surface area contributed by atoms with Gasteiger partial charge < -0.3 is 0 Å². The molecule has 2 aromatic carbocycles. The molecule has 8 heteroatoms. The number of hydrogen-bond donors (Lipinski definition) is 2.